The number of likely N-dealkylation sites (N-methyl/N-ethyl adjacent to an activating group) is 1. The van der Waals surface area contributed by atoms with E-state index in [1.165, 1.54) is 12.1 Å². The van der Waals surface area contributed by atoms with Gasteiger partial charge in [0.25, 0.3) is 0 Å². The molecule has 0 bridgehead atoms. The number of rotatable bonds is 4. The third-order valence-corrected chi connectivity index (χ3v) is 5.41. The van der Waals surface area contributed by atoms with Crippen LogP contribution in [0.25, 0.3) is 11.3 Å². The van der Waals surface area contributed by atoms with Crippen molar-refractivity contribution in [1.82, 2.24) is 14.7 Å². The van der Waals surface area contributed by atoms with Crippen LogP contribution in [0.5, 0.6) is 5.75 Å². The average Bonchev–Trinajstić information content (AvgIpc) is 3.24. The van der Waals surface area contributed by atoms with Crippen molar-refractivity contribution < 1.29 is 17.9 Å². The van der Waals surface area contributed by atoms with Crippen LogP contribution < -0.4 is 9.64 Å². The molecule has 1 aliphatic rings. The molecular formula is C23H23F3N4O. The summed E-state index contributed by atoms with van der Waals surface area (Å²) in [5.41, 5.74) is 3.51. The van der Waals surface area contributed by atoms with Crippen molar-refractivity contribution in [3.8, 4) is 11.4 Å². The molecule has 0 saturated carbocycles. The monoisotopic (exact) mass is 428 g/mol. The molecule has 0 amide bonds. The second kappa shape index (κ2) is 8.11. The summed E-state index contributed by atoms with van der Waals surface area (Å²) < 4.78 is 46.8. The van der Waals surface area contributed by atoms with Gasteiger partial charge in [0.2, 0.25) is 0 Å². The van der Waals surface area contributed by atoms with Crippen LogP contribution in [0, 0.1) is 0 Å². The van der Waals surface area contributed by atoms with E-state index in [4.69, 9.17) is 4.74 Å². The summed E-state index contributed by atoms with van der Waals surface area (Å²) in [6.45, 7) is 3.09. The molecule has 8 heteroatoms. The minimum Gasteiger partial charge on any atom is -0.497 e. The number of ether oxygens (including phenoxy) is 1. The molecule has 2 aromatic carbocycles. The SMILES string of the molecule is COc1ccc(-n2nccc2C2=C(C)N(c3cccc(C(F)(F)F)c3)CN(C)C2)cc1. The number of allylic oxidation sites excluding steroid dienone is 1. The van der Waals surface area contributed by atoms with Crippen LogP contribution in [0.15, 0.2) is 66.5 Å². The van der Waals surface area contributed by atoms with Crippen molar-refractivity contribution in [2.24, 2.45) is 0 Å². The molecule has 0 unspecified atom stereocenters. The maximum Gasteiger partial charge on any atom is 0.416 e. The molecule has 0 fully saturated rings. The Morgan fingerprint density at radius 3 is 2.42 bits per heavy atom. The highest BCUT2D eigenvalue weighted by molar-refractivity contribution is 5.74. The zero-order valence-corrected chi connectivity index (χ0v) is 17.5. The Labute approximate surface area is 179 Å². The summed E-state index contributed by atoms with van der Waals surface area (Å²) in [6.07, 6.45) is -2.66. The minimum absolute atomic E-state index is 0.493. The average molecular weight is 428 g/mol. The summed E-state index contributed by atoms with van der Waals surface area (Å²) in [6, 6.07) is 14.9. The molecule has 3 aromatic rings. The lowest BCUT2D eigenvalue weighted by molar-refractivity contribution is -0.137. The fourth-order valence-electron chi connectivity index (χ4n) is 3.80. The molecule has 1 aliphatic heterocycles. The summed E-state index contributed by atoms with van der Waals surface area (Å²) >= 11 is 0. The quantitative estimate of drug-likeness (QED) is 0.583. The molecule has 4 rings (SSSR count). The lowest BCUT2D eigenvalue weighted by Gasteiger charge is -2.37. The first-order valence-corrected chi connectivity index (χ1v) is 9.80. The number of anilines is 1. The minimum atomic E-state index is -4.38. The van der Waals surface area contributed by atoms with Gasteiger partial charge in [-0.25, -0.2) is 4.68 Å². The van der Waals surface area contributed by atoms with Gasteiger partial charge in [-0.3, -0.25) is 4.90 Å². The van der Waals surface area contributed by atoms with Crippen molar-refractivity contribution in [2.45, 2.75) is 13.1 Å². The predicted molar refractivity (Wildman–Crippen MR) is 114 cm³/mol. The van der Waals surface area contributed by atoms with Crippen LogP contribution in [0.1, 0.15) is 18.2 Å². The smallest absolute Gasteiger partial charge is 0.416 e. The second-order valence-corrected chi connectivity index (χ2v) is 7.52. The summed E-state index contributed by atoms with van der Waals surface area (Å²) in [5.74, 6) is 0.751. The van der Waals surface area contributed by atoms with Gasteiger partial charge < -0.3 is 9.64 Å². The van der Waals surface area contributed by atoms with Crippen molar-refractivity contribution in [2.75, 3.05) is 32.3 Å². The van der Waals surface area contributed by atoms with Crippen LogP contribution >= 0.6 is 0 Å². The van der Waals surface area contributed by atoms with Gasteiger partial charge in [0.15, 0.2) is 0 Å². The summed E-state index contributed by atoms with van der Waals surface area (Å²) in [5, 5.41) is 4.48. The molecule has 5 nitrogen and oxygen atoms in total. The number of hydrogen-bond acceptors (Lipinski definition) is 4. The Bertz CT molecular complexity index is 1100. The van der Waals surface area contributed by atoms with E-state index in [9.17, 15) is 13.2 Å². The number of hydrogen-bond donors (Lipinski definition) is 0. The first-order chi connectivity index (χ1) is 14.8. The first kappa shape index (κ1) is 21.0. The van der Waals surface area contributed by atoms with Crippen LogP contribution in [0.3, 0.4) is 0 Å². The fraction of sp³-hybridized carbons (Fsp3) is 0.261. The Balaban J connectivity index is 1.76. The lowest BCUT2D eigenvalue weighted by Crippen LogP contribution is -2.41. The summed E-state index contributed by atoms with van der Waals surface area (Å²) in [7, 11) is 3.56. The highest BCUT2D eigenvalue weighted by atomic mass is 19.4. The third-order valence-electron chi connectivity index (χ3n) is 5.41. The van der Waals surface area contributed by atoms with E-state index in [-0.39, 0.29) is 0 Å². The zero-order chi connectivity index (χ0) is 22.2. The molecule has 0 radical (unpaired) electrons. The molecule has 31 heavy (non-hydrogen) atoms. The van der Waals surface area contributed by atoms with Gasteiger partial charge in [-0.1, -0.05) is 6.07 Å². The van der Waals surface area contributed by atoms with E-state index in [2.05, 4.69) is 10.00 Å². The van der Waals surface area contributed by atoms with Gasteiger partial charge in [-0.05, 0) is 62.5 Å². The van der Waals surface area contributed by atoms with Crippen LogP contribution in [-0.2, 0) is 6.18 Å². The molecule has 1 aromatic heterocycles. The van der Waals surface area contributed by atoms with Crippen molar-refractivity contribution >= 4 is 11.3 Å². The number of aromatic nitrogens is 2. The lowest BCUT2D eigenvalue weighted by atomic mass is 10.1. The van der Waals surface area contributed by atoms with Gasteiger partial charge in [-0.2, -0.15) is 18.3 Å². The highest BCUT2D eigenvalue weighted by Crippen LogP contribution is 2.35. The van der Waals surface area contributed by atoms with E-state index in [1.54, 1.807) is 19.4 Å². The van der Waals surface area contributed by atoms with Crippen molar-refractivity contribution in [3.63, 3.8) is 0 Å². The van der Waals surface area contributed by atoms with Gasteiger partial charge in [0.05, 0.1) is 36.9 Å². The van der Waals surface area contributed by atoms with E-state index < -0.39 is 11.7 Å². The van der Waals surface area contributed by atoms with E-state index in [0.717, 1.165) is 34.5 Å². The topological polar surface area (TPSA) is 33.5 Å². The van der Waals surface area contributed by atoms with Crippen LogP contribution in [0.2, 0.25) is 0 Å². The fourth-order valence-corrected chi connectivity index (χ4v) is 3.80. The van der Waals surface area contributed by atoms with Gasteiger partial charge in [0.1, 0.15) is 5.75 Å². The Hall–Kier alpha value is -3.26. The first-order valence-electron chi connectivity index (χ1n) is 9.80. The van der Waals surface area contributed by atoms with E-state index in [1.807, 2.05) is 53.9 Å². The normalized spacial score (nSPS) is 15.5. The molecule has 0 saturated heterocycles. The number of nitrogens with zero attached hydrogens (tertiary/aromatic N) is 4. The second-order valence-electron chi connectivity index (χ2n) is 7.52. The van der Waals surface area contributed by atoms with Gasteiger partial charge in [0, 0.05) is 23.5 Å². The predicted octanol–water partition coefficient (Wildman–Crippen LogP) is 5.04. The number of alkyl halides is 3. The van der Waals surface area contributed by atoms with Gasteiger partial charge in [-0.15, -0.1) is 0 Å². The molecule has 0 N–H and O–H groups in total. The van der Waals surface area contributed by atoms with Crippen LogP contribution in [-0.4, -0.2) is 42.1 Å². The summed E-state index contributed by atoms with van der Waals surface area (Å²) in [4.78, 5) is 3.97. The number of benzene rings is 2. The molecule has 162 valence electrons. The zero-order valence-electron chi connectivity index (χ0n) is 17.5. The largest absolute Gasteiger partial charge is 0.497 e. The molecule has 0 atom stereocenters. The maximum atomic E-state index is 13.2. The molecular weight excluding hydrogens is 405 g/mol. The van der Waals surface area contributed by atoms with Crippen molar-refractivity contribution in [1.29, 1.82) is 0 Å². The number of methoxy groups -OCH3 is 1. The molecule has 2 heterocycles. The molecule has 0 aliphatic carbocycles. The Morgan fingerprint density at radius 2 is 1.74 bits per heavy atom. The van der Waals surface area contributed by atoms with Gasteiger partial charge >= 0.3 is 6.18 Å². The van der Waals surface area contributed by atoms with Crippen LogP contribution in [0.4, 0.5) is 18.9 Å². The number of halogens is 3. The maximum absolute atomic E-state index is 13.2. The Morgan fingerprint density at radius 1 is 1.00 bits per heavy atom. The standard InChI is InChI=1S/C23H23F3N4O/c1-16-21(22-11-12-27-30(22)18-7-9-20(31-3)10-8-18)14-28(2)15-29(16)19-6-4-5-17(13-19)23(24,25)26/h4-13H,14-15H2,1-3H3. The van der Waals surface area contributed by atoms with E-state index in [0.29, 0.717) is 18.9 Å². The van der Waals surface area contributed by atoms with E-state index >= 15 is 0 Å². The molecule has 0 spiro atoms. The highest BCUT2D eigenvalue weighted by Gasteiger charge is 2.32. The Kier molecular flexibility index (Phi) is 5.49. The third kappa shape index (κ3) is 4.16. The van der Waals surface area contributed by atoms with Crippen molar-refractivity contribution in [3.05, 3.63) is 77.7 Å².